The summed E-state index contributed by atoms with van der Waals surface area (Å²) in [5.41, 5.74) is 1.49. The third-order valence-electron chi connectivity index (χ3n) is 6.58. The highest BCUT2D eigenvalue weighted by molar-refractivity contribution is 6.07. The topological polar surface area (TPSA) is 69.6 Å². The molecule has 0 bridgehead atoms. The first-order valence-electron chi connectivity index (χ1n) is 11.1. The number of urea groups is 1. The fourth-order valence-corrected chi connectivity index (χ4v) is 4.66. The minimum Gasteiger partial charge on any atom is -0.341 e. The number of piperidine rings is 1. The molecule has 7 heteroatoms. The van der Waals surface area contributed by atoms with E-state index >= 15 is 0 Å². The van der Waals surface area contributed by atoms with Crippen LogP contribution in [-0.2, 0) is 11.2 Å². The lowest BCUT2D eigenvalue weighted by atomic mass is 9.85. The smallest absolute Gasteiger partial charge is 0.327 e. The molecule has 4 rings (SSSR count). The van der Waals surface area contributed by atoms with Gasteiger partial charge >= 0.3 is 6.03 Å². The van der Waals surface area contributed by atoms with E-state index in [-0.39, 0.29) is 11.9 Å². The molecule has 0 unspecified atom stereocenters. The molecule has 3 aliphatic rings. The fraction of sp³-hybridized carbons (Fsp3) is 0.727. The highest BCUT2D eigenvalue weighted by atomic mass is 16.2. The summed E-state index contributed by atoms with van der Waals surface area (Å²) in [4.78, 5) is 41.5. The van der Waals surface area contributed by atoms with E-state index in [4.69, 9.17) is 4.98 Å². The third kappa shape index (κ3) is 3.60. The van der Waals surface area contributed by atoms with E-state index in [0.717, 1.165) is 36.5 Å². The number of anilines is 1. The molecule has 158 valence electrons. The van der Waals surface area contributed by atoms with Crippen LogP contribution in [0.4, 0.5) is 10.7 Å². The van der Waals surface area contributed by atoms with Crippen molar-refractivity contribution in [3.8, 4) is 0 Å². The van der Waals surface area contributed by atoms with Crippen molar-refractivity contribution in [3.63, 3.8) is 0 Å². The molecule has 1 spiro atoms. The van der Waals surface area contributed by atoms with Gasteiger partial charge in [0.2, 0.25) is 5.95 Å². The predicted molar refractivity (Wildman–Crippen MR) is 112 cm³/mol. The molecule has 1 aromatic heterocycles. The lowest BCUT2D eigenvalue weighted by Gasteiger charge is -2.42. The first-order valence-corrected chi connectivity index (χ1v) is 11.1. The first-order chi connectivity index (χ1) is 13.9. The van der Waals surface area contributed by atoms with Gasteiger partial charge < -0.3 is 9.80 Å². The van der Waals surface area contributed by atoms with Crippen molar-refractivity contribution in [2.45, 2.75) is 65.3 Å². The zero-order chi connectivity index (χ0) is 20.8. The van der Waals surface area contributed by atoms with Gasteiger partial charge in [-0.25, -0.2) is 14.8 Å². The summed E-state index contributed by atoms with van der Waals surface area (Å²) in [6.45, 7) is 11.0. The zero-order valence-electron chi connectivity index (χ0n) is 18.1. The molecule has 0 N–H and O–H groups in total. The zero-order valence-corrected chi connectivity index (χ0v) is 18.1. The van der Waals surface area contributed by atoms with Crippen molar-refractivity contribution in [3.05, 3.63) is 17.5 Å². The summed E-state index contributed by atoms with van der Waals surface area (Å²) >= 11 is 0. The first kappa shape index (κ1) is 20.1. The molecule has 1 aliphatic carbocycles. The summed E-state index contributed by atoms with van der Waals surface area (Å²) in [5.74, 6) is 1.60. The van der Waals surface area contributed by atoms with Gasteiger partial charge in [-0.05, 0) is 56.4 Å². The van der Waals surface area contributed by atoms with E-state index in [2.05, 4.69) is 30.7 Å². The summed E-state index contributed by atoms with van der Waals surface area (Å²) in [5, 5.41) is 0. The maximum absolute atomic E-state index is 13.4. The Bertz CT molecular complexity index is 796. The summed E-state index contributed by atoms with van der Waals surface area (Å²) in [6.07, 6.45) is 6.32. The number of hydrogen-bond acceptors (Lipinski definition) is 5. The van der Waals surface area contributed by atoms with Gasteiger partial charge in [0, 0.05) is 38.1 Å². The Balaban J connectivity index is 1.55. The van der Waals surface area contributed by atoms with E-state index in [9.17, 15) is 9.59 Å². The predicted octanol–water partition coefficient (Wildman–Crippen LogP) is 3.02. The van der Waals surface area contributed by atoms with Gasteiger partial charge in [0.05, 0.1) is 0 Å². The van der Waals surface area contributed by atoms with Crippen LogP contribution in [0, 0.1) is 18.8 Å². The van der Waals surface area contributed by atoms with Gasteiger partial charge in [0.25, 0.3) is 5.91 Å². The molecule has 3 fully saturated rings. The number of nitrogens with zero attached hydrogens (tertiary/aromatic N) is 5. The van der Waals surface area contributed by atoms with Gasteiger partial charge in [0.1, 0.15) is 5.54 Å². The largest absolute Gasteiger partial charge is 0.341 e. The van der Waals surface area contributed by atoms with Crippen LogP contribution in [0.5, 0.6) is 0 Å². The molecule has 0 atom stereocenters. The molecule has 0 radical (unpaired) electrons. The normalized spacial score (nSPS) is 21.8. The minimum atomic E-state index is -0.689. The SMILES string of the molecule is CCc1nc(N2CCC3(CC2)C(=O)N(CC2CC2)C(=O)N3CC(C)C)ncc1C. The highest BCUT2D eigenvalue weighted by Gasteiger charge is 2.58. The number of imide groups is 1. The molecule has 3 heterocycles. The summed E-state index contributed by atoms with van der Waals surface area (Å²) < 4.78 is 0. The second-order valence-corrected chi connectivity index (χ2v) is 9.32. The lowest BCUT2D eigenvalue weighted by Crippen LogP contribution is -2.57. The van der Waals surface area contributed by atoms with Crippen LogP contribution in [-0.4, -0.2) is 63.4 Å². The van der Waals surface area contributed by atoms with E-state index in [1.54, 1.807) is 4.90 Å². The van der Waals surface area contributed by atoms with Crippen LogP contribution in [0.1, 0.15) is 57.7 Å². The average molecular weight is 400 g/mol. The van der Waals surface area contributed by atoms with Crippen molar-refractivity contribution in [2.24, 2.45) is 11.8 Å². The van der Waals surface area contributed by atoms with Gasteiger partial charge in [-0.2, -0.15) is 0 Å². The number of aryl methyl sites for hydroxylation is 2. The van der Waals surface area contributed by atoms with Crippen LogP contribution in [0.2, 0.25) is 0 Å². The Morgan fingerprint density at radius 2 is 1.90 bits per heavy atom. The second kappa shape index (κ2) is 7.58. The molecular formula is C22H33N5O2. The highest BCUT2D eigenvalue weighted by Crippen LogP contribution is 2.40. The number of carbonyl (C=O) groups excluding carboxylic acids is 2. The van der Waals surface area contributed by atoms with Crippen molar-refractivity contribution in [1.29, 1.82) is 0 Å². The van der Waals surface area contributed by atoms with Crippen molar-refractivity contribution in [1.82, 2.24) is 19.8 Å². The number of aromatic nitrogens is 2. The van der Waals surface area contributed by atoms with Crippen molar-refractivity contribution < 1.29 is 9.59 Å². The quantitative estimate of drug-likeness (QED) is 0.688. The van der Waals surface area contributed by atoms with Crippen LogP contribution in [0.15, 0.2) is 6.20 Å². The van der Waals surface area contributed by atoms with E-state index in [1.807, 2.05) is 18.0 Å². The van der Waals surface area contributed by atoms with E-state index < -0.39 is 5.54 Å². The van der Waals surface area contributed by atoms with E-state index in [0.29, 0.717) is 50.9 Å². The van der Waals surface area contributed by atoms with Gasteiger partial charge in [-0.15, -0.1) is 0 Å². The van der Waals surface area contributed by atoms with Crippen LogP contribution < -0.4 is 4.90 Å². The molecule has 1 saturated carbocycles. The maximum atomic E-state index is 13.4. The molecule has 29 heavy (non-hydrogen) atoms. The van der Waals surface area contributed by atoms with Gasteiger partial charge in [-0.1, -0.05) is 20.8 Å². The summed E-state index contributed by atoms with van der Waals surface area (Å²) in [7, 11) is 0. The monoisotopic (exact) mass is 399 g/mol. The number of carbonyl (C=O) groups is 2. The molecule has 0 aromatic carbocycles. The minimum absolute atomic E-state index is 0.0220. The third-order valence-corrected chi connectivity index (χ3v) is 6.58. The van der Waals surface area contributed by atoms with Gasteiger partial charge in [0.15, 0.2) is 0 Å². The van der Waals surface area contributed by atoms with Crippen LogP contribution >= 0.6 is 0 Å². The molecule has 2 aliphatic heterocycles. The van der Waals surface area contributed by atoms with E-state index in [1.165, 1.54) is 0 Å². The molecule has 2 saturated heterocycles. The standard InChI is InChI=1S/C22H33N5O2/c1-5-18-16(4)12-23-20(24-18)25-10-8-22(9-11-25)19(28)26(14-17-6-7-17)21(29)27(22)13-15(2)3/h12,15,17H,5-11,13-14H2,1-4H3. The van der Waals surface area contributed by atoms with Crippen LogP contribution in [0.25, 0.3) is 0 Å². The Kier molecular flexibility index (Phi) is 5.25. The molecule has 7 nitrogen and oxygen atoms in total. The Labute approximate surface area is 173 Å². The van der Waals surface area contributed by atoms with Crippen LogP contribution in [0.3, 0.4) is 0 Å². The fourth-order valence-electron chi connectivity index (χ4n) is 4.66. The second-order valence-electron chi connectivity index (χ2n) is 9.32. The number of rotatable bonds is 6. The Morgan fingerprint density at radius 1 is 1.21 bits per heavy atom. The molecule has 1 aromatic rings. The average Bonchev–Trinajstić information content (AvgIpc) is 3.51. The molecule has 3 amide bonds. The number of amides is 3. The lowest BCUT2D eigenvalue weighted by molar-refractivity contribution is -0.134. The summed E-state index contributed by atoms with van der Waals surface area (Å²) in [6, 6.07) is -0.0797. The maximum Gasteiger partial charge on any atom is 0.327 e. The van der Waals surface area contributed by atoms with Gasteiger partial charge in [-0.3, -0.25) is 9.69 Å². The molecular weight excluding hydrogens is 366 g/mol. The Hall–Kier alpha value is -2.18. The van der Waals surface area contributed by atoms with Crippen molar-refractivity contribution >= 4 is 17.9 Å². The van der Waals surface area contributed by atoms with Crippen molar-refractivity contribution in [2.75, 3.05) is 31.1 Å². The Morgan fingerprint density at radius 3 is 2.48 bits per heavy atom. The number of hydrogen-bond donors (Lipinski definition) is 0.